The van der Waals surface area contributed by atoms with Crippen LogP contribution in [0.1, 0.15) is 12.1 Å². The topological polar surface area (TPSA) is 78.6 Å². The standard InChI is InChI=1S/C12H19N3O3/c16-5-3-14(4-6-17)12(18)10-1-2-15-9-13-8-11(15)7-10/h8-10,16-17H,1-7H2. The quantitative estimate of drug-likeness (QED) is 0.724. The summed E-state index contributed by atoms with van der Waals surface area (Å²) in [7, 11) is 0. The van der Waals surface area contributed by atoms with Gasteiger partial charge in [-0.3, -0.25) is 4.79 Å². The zero-order chi connectivity index (χ0) is 13.0. The highest BCUT2D eigenvalue weighted by molar-refractivity contribution is 5.79. The van der Waals surface area contributed by atoms with E-state index in [1.54, 1.807) is 12.5 Å². The van der Waals surface area contributed by atoms with Gasteiger partial charge in [-0.25, -0.2) is 4.98 Å². The van der Waals surface area contributed by atoms with Crippen LogP contribution in [0.15, 0.2) is 12.5 Å². The highest BCUT2D eigenvalue weighted by atomic mass is 16.3. The van der Waals surface area contributed by atoms with Crippen molar-refractivity contribution < 1.29 is 15.0 Å². The molecule has 0 fully saturated rings. The lowest BCUT2D eigenvalue weighted by Crippen LogP contribution is -2.42. The molecule has 1 aliphatic rings. The molecule has 1 aliphatic heterocycles. The minimum atomic E-state index is -0.0730. The van der Waals surface area contributed by atoms with Crippen LogP contribution in [0, 0.1) is 5.92 Å². The third-order valence-electron chi connectivity index (χ3n) is 3.37. The predicted octanol–water partition coefficient (Wildman–Crippen LogP) is -0.741. The number of carbonyl (C=O) groups is 1. The molecule has 1 atom stereocenters. The summed E-state index contributed by atoms with van der Waals surface area (Å²) in [5, 5.41) is 17.9. The molecule has 0 saturated heterocycles. The van der Waals surface area contributed by atoms with Gasteiger partial charge in [-0.05, 0) is 6.42 Å². The van der Waals surface area contributed by atoms with E-state index in [0.717, 1.165) is 18.7 Å². The van der Waals surface area contributed by atoms with Crippen molar-refractivity contribution in [2.45, 2.75) is 19.4 Å². The normalized spacial score (nSPS) is 18.4. The molecule has 2 N–H and O–H groups in total. The molecule has 1 aromatic heterocycles. The van der Waals surface area contributed by atoms with Gasteiger partial charge in [-0.1, -0.05) is 0 Å². The zero-order valence-corrected chi connectivity index (χ0v) is 10.3. The van der Waals surface area contributed by atoms with E-state index in [4.69, 9.17) is 10.2 Å². The molecule has 2 rings (SSSR count). The average molecular weight is 253 g/mol. The molecule has 0 radical (unpaired) electrons. The second-order valence-corrected chi connectivity index (χ2v) is 4.54. The van der Waals surface area contributed by atoms with Crippen LogP contribution < -0.4 is 0 Å². The third kappa shape index (κ3) is 2.70. The van der Waals surface area contributed by atoms with Crippen molar-refractivity contribution in [1.82, 2.24) is 14.5 Å². The maximum absolute atomic E-state index is 12.3. The van der Waals surface area contributed by atoms with Gasteiger partial charge < -0.3 is 19.7 Å². The Balaban J connectivity index is 2.01. The summed E-state index contributed by atoms with van der Waals surface area (Å²) in [6.45, 7) is 1.23. The van der Waals surface area contributed by atoms with E-state index in [9.17, 15) is 4.79 Å². The Kier molecular flexibility index (Phi) is 4.33. The van der Waals surface area contributed by atoms with Crippen LogP contribution in [0.3, 0.4) is 0 Å². The minimum Gasteiger partial charge on any atom is -0.395 e. The maximum Gasteiger partial charge on any atom is 0.226 e. The molecule has 6 nitrogen and oxygen atoms in total. The van der Waals surface area contributed by atoms with Crippen LogP contribution in [0.4, 0.5) is 0 Å². The van der Waals surface area contributed by atoms with E-state index in [2.05, 4.69) is 9.55 Å². The number of aliphatic hydroxyl groups is 2. The van der Waals surface area contributed by atoms with E-state index < -0.39 is 0 Å². The Morgan fingerprint density at radius 3 is 2.83 bits per heavy atom. The van der Waals surface area contributed by atoms with E-state index >= 15 is 0 Å². The van der Waals surface area contributed by atoms with Crippen molar-refractivity contribution in [2.75, 3.05) is 26.3 Å². The monoisotopic (exact) mass is 253 g/mol. The lowest BCUT2D eigenvalue weighted by molar-refractivity contribution is -0.137. The number of rotatable bonds is 5. The smallest absolute Gasteiger partial charge is 0.226 e. The van der Waals surface area contributed by atoms with Gasteiger partial charge in [0.2, 0.25) is 5.91 Å². The third-order valence-corrected chi connectivity index (χ3v) is 3.37. The fourth-order valence-electron chi connectivity index (χ4n) is 2.41. The van der Waals surface area contributed by atoms with Gasteiger partial charge in [0.1, 0.15) is 0 Å². The second kappa shape index (κ2) is 5.97. The van der Waals surface area contributed by atoms with Crippen LogP contribution in [0.5, 0.6) is 0 Å². The Morgan fingerprint density at radius 1 is 1.44 bits per heavy atom. The molecule has 100 valence electrons. The van der Waals surface area contributed by atoms with Gasteiger partial charge in [0.25, 0.3) is 0 Å². The number of aryl methyl sites for hydroxylation is 1. The summed E-state index contributed by atoms with van der Waals surface area (Å²) >= 11 is 0. The molecule has 0 aromatic carbocycles. The number of aromatic nitrogens is 2. The zero-order valence-electron chi connectivity index (χ0n) is 10.3. The predicted molar refractivity (Wildman–Crippen MR) is 64.8 cm³/mol. The molecule has 0 spiro atoms. The molecule has 2 heterocycles. The van der Waals surface area contributed by atoms with Crippen molar-refractivity contribution in [3.8, 4) is 0 Å². The molecule has 1 unspecified atom stereocenters. The molecule has 0 aliphatic carbocycles. The number of nitrogens with zero attached hydrogens (tertiary/aromatic N) is 3. The van der Waals surface area contributed by atoms with Crippen molar-refractivity contribution in [3.63, 3.8) is 0 Å². The van der Waals surface area contributed by atoms with Crippen LogP contribution in [0.2, 0.25) is 0 Å². The van der Waals surface area contributed by atoms with Gasteiger partial charge in [0.15, 0.2) is 0 Å². The first-order valence-corrected chi connectivity index (χ1v) is 6.25. The van der Waals surface area contributed by atoms with E-state index in [-0.39, 0.29) is 38.1 Å². The Bertz CT molecular complexity index is 399. The summed E-state index contributed by atoms with van der Waals surface area (Å²) in [5.41, 5.74) is 1.08. The first-order chi connectivity index (χ1) is 8.76. The number of amides is 1. The average Bonchev–Trinajstić information content (AvgIpc) is 2.84. The Morgan fingerprint density at radius 2 is 2.17 bits per heavy atom. The summed E-state index contributed by atoms with van der Waals surface area (Å²) in [6, 6.07) is 0. The second-order valence-electron chi connectivity index (χ2n) is 4.54. The maximum atomic E-state index is 12.3. The van der Waals surface area contributed by atoms with Crippen LogP contribution in [0.25, 0.3) is 0 Å². The number of fused-ring (bicyclic) bond motifs is 1. The fourth-order valence-corrected chi connectivity index (χ4v) is 2.41. The number of hydrogen-bond donors (Lipinski definition) is 2. The van der Waals surface area contributed by atoms with Gasteiger partial charge in [-0.2, -0.15) is 0 Å². The number of carbonyl (C=O) groups excluding carboxylic acids is 1. The van der Waals surface area contributed by atoms with E-state index in [1.165, 1.54) is 4.90 Å². The van der Waals surface area contributed by atoms with Crippen molar-refractivity contribution in [3.05, 3.63) is 18.2 Å². The summed E-state index contributed by atoms with van der Waals surface area (Å²) in [6.07, 6.45) is 5.05. The largest absolute Gasteiger partial charge is 0.395 e. The van der Waals surface area contributed by atoms with E-state index in [0.29, 0.717) is 6.42 Å². The molecule has 1 amide bonds. The molecule has 0 bridgehead atoms. The van der Waals surface area contributed by atoms with Crippen LogP contribution >= 0.6 is 0 Å². The van der Waals surface area contributed by atoms with Gasteiger partial charge in [0.05, 0.1) is 19.5 Å². The highest BCUT2D eigenvalue weighted by Crippen LogP contribution is 2.21. The summed E-state index contributed by atoms with van der Waals surface area (Å²) in [4.78, 5) is 17.9. The summed E-state index contributed by atoms with van der Waals surface area (Å²) < 4.78 is 2.06. The van der Waals surface area contributed by atoms with Gasteiger partial charge in [0, 0.05) is 43.9 Å². The van der Waals surface area contributed by atoms with Gasteiger partial charge in [-0.15, -0.1) is 0 Å². The van der Waals surface area contributed by atoms with Crippen molar-refractivity contribution in [2.24, 2.45) is 5.92 Å². The SMILES string of the molecule is O=C(C1CCn2cncc2C1)N(CCO)CCO. The fraction of sp³-hybridized carbons (Fsp3) is 0.667. The van der Waals surface area contributed by atoms with E-state index in [1.807, 2.05) is 0 Å². The first kappa shape index (κ1) is 13.0. The molecule has 18 heavy (non-hydrogen) atoms. The Labute approximate surface area is 106 Å². The Hall–Kier alpha value is -1.40. The summed E-state index contributed by atoms with van der Waals surface area (Å²) in [5.74, 6) is -0.0437. The van der Waals surface area contributed by atoms with Crippen molar-refractivity contribution >= 4 is 5.91 Å². The minimum absolute atomic E-state index is 0.0190. The molecule has 1 aromatic rings. The number of imidazole rings is 1. The lowest BCUT2D eigenvalue weighted by Gasteiger charge is -2.29. The first-order valence-electron chi connectivity index (χ1n) is 6.25. The lowest BCUT2D eigenvalue weighted by atomic mass is 9.94. The van der Waals surface area contributed by atoms with Crippen molar-refractivity contribution in [1.29, 1.82) is 0 Å². The molecule has 6 heteroatoms. The molecular weight excluding hydrogens is 234 g/mol. The van der Waals surface area contributed by atoms with Gasteiger partial charge >= 0.3 is 0 Å². The molecular formula is C12H19N3O3. The highest BCUT2D eigenvalue weighted by Gasteiger charge is 2.28. The molecule has 0 saturated carbocycles. The van der Waals surface area contributed by atoms with Crippen LogP contribution in [-0.2, 0) is 17.8 Å². The number of hydrogen-bond acceptors (Lipinski definition) is 4. The van der Waals surface area contributed by atoms with Crippen LogP contribution in [-0.4, -0.2) is 56.9 Å². The number of aliphatic hydroxyl groups excluding tert-OH is 2.